The van der Waals surface area contributed by atoms with E-state index in [0.717, 1.165) is 31.7 Å². The van der Waals surface area contributed by atoms with E-state index >= 15 is 0 Å². The fourth-order valence-electron chi connectivity index (χ4n) is 2.19. The lowest BCUT2D eigenvalue weighted by atomic mass is 10.2. The predicted molar refractivity (Wildman–Crippen MR) is 73.0 cm³/mol. The van der Waals surface area contributed by atoms with Crippen LogP contribution in [0.5, 0.6) is 0 Å². The molecule has 1 aromatic heterocycles. The van der Waals surface area contributed by atoms with Gasteiger partial charge in [-0.05, 0) is 38.1 Å². The number of hydrogen-bond donors (Lipinski definition) is 1. The van der Waals surface area contributed by atoms with Crippen LogP contribution in [0.4, 0.5) is 0 Å². The molecule has 7 heteroatoms. The summed E-state index contributed by atoms with van der Waals surface area (Å²) in [6, 6.07) is 3.71. The Bertz CT molecular complexity index is 455. The molecule has 102 valence electrons. The summed E-state index contributed by atoms with van der Waals surface area (Å²) in [5, 5.41) is 0. The van der Waals surface area contributed by atoms with Gasteiger partial charge < -0.3 is 4.42 Å². The predicted octanol–water partition coefficient (Wildman–Crippen LogP) is 1.69. The SMILES string of the molecule is O=S(=O)(CBr)NCC(c1ccco1)N1CCCC1. The third kappa shape index (κ3) is 3.57. The summed E-state index contributed by atoms with van der Waals surface area (Å²) in [5.74, 6) is 0.814. The number of hydrogen-bond acceptors (Lipinski definition) is 4. The van der Waals surface area contributed by atoms with Crippen molar-refractivity contribution in [1.82, 2.24) is 9.62 Å². The van der Waals surface area contributed by atoms with Gasteiger partial charge in [0.25, 0.3) is 0 Å². The summed E-state index contributed by atoms with van der Waals surface area (Å²) >= 11 is 2.97. The molecule has 2 heterocycles. The minimum Gasteiger partial charge on any atom is -0.468 e. The molecule has 0 amide bonds. The second-order valence-corrected chi connectivity index (χ2v) is 7.46. The molecule has 1 fully saturated rings. The summed E-state index contributed by atoms with van der Waals surface area (Å²) < 4.78 is 30.9. The van der Waals surface area contributed by atoms with Crippen molar-refractivity contribution < 1.29 is 12.8 Å². The van der Waals surface area contributed by atoms with Crippen LogP contribution in [-0.2, 0) is 10.0 Å². The molecule has 1 unspecified atom stereocenters. The fourth-order valence-corrected chi connectivity index (χ4v) is 3.16. The standard InChI is InChI=1S/C11H17BrN2O3S/c12-9-18(15,16)13-8-10(11-4-3-7-17-11)14-5-1-2-6-14/h3-4,7,10,13H,1-2,5-6,8-9H2. The van der Waals surface area contributed by atoms with Crippen LogP contribution in [-0.4, -0.2) is 37.6 Å². The molecular weight excluding hydrogens is 320 g/mol. The van der Waals surface area contributed by atoms with E-state index in [9.17, 15) is 8.42 Å². The Morgan fingerprint density at radius 2 is 2.17 bits per heavy atom. The van der Waals surface area contributed by atoms with Gasteiger partial charge in [-0.3, -0.25) is 4.90 Å². The van der Waals surface area contributed by atoms with Gasteiger partial charge in [-0.1, -0.05) is 15.9 Å². The first-order valence-corrected chi connectivity index (χ1v) is 8.70. The first kappa shape index (κ1) is 14.0. The van der Waals surface area contributed by atoms with Gasteiger partial charge in [0.15, 0.2) is 0 Å². The highest BCUT2D eigenvalue weighted by molar-refractivity contribution is 9.10. The first-order chi connectivity index (χ1) is 8.62. The highest BCUT2D eigenvalue weighted by Gasteiger charge is 2.26. The molecule has 1 aromatic rings. The van der Waals surface area contributed by atoms with Crippen molar-refractivity contribution >= 4 is 26.0 Å². The van der Waals surface area contributed by atoms with E-state index in [1.807, 2.05) is 12.1 Å². The number of halogens is 1. The summed E-state index contributed by atoms with van der Waals surface area (Å²) in [6.45, 7) is 2.32. The average Bonchev–Trinajstić information content (AvgIpc) is 3.01. The van der Waals surface area contributed by atoms with Gasteiger partial charge in [-0.2, -0.15) is 0 Å². The number of furan rings is 1. The van der Waals surface area contributed by atoms with Crippen LogP contribution < -0.4 is 4.72 Å². The Labute approximate surface area is 116 Å². The summed E-state index contributed by atoms with van der Waals surface area (Å²) in [6.07, 6.45) is 3.93. The molecule has 1 saturated heterocycles. The maximum absolute atomic E-state index is 11.5. The molecule has 0 aliphatic carbocycles. The number of rotatable bonds is 6. The van der Waals surface area contributed by atoms with Gasteiger partial charge in [0, 0.05) is 6.54 Å². The summed E-state index contributed by atoms with van der Waals surface area (Å²) in [5.41, 5.74) is 0. The summed E-state index contributed by atoms with van der Waals surface area (Å²) in [4.78, 5) is 2.26. The fraction of sp³-hybridized carbons (Fsp3) is 0.636. The van der Waals surface area contributed by atoms with Crippen molar-refractivity contribution in [3.63, 3.8) is 0 Å². The number of nitrogens with one attached hydrogen (secondary N) is 1. The quantitative estimate of drug-likeness (QED) is 0.803. The zero-order valence-electron chi connectivity index (χ0n) is 10.0. The van der Waals surface area contributed by atoms with Crippen LogP contribution in [0.25, 0.3) is 0 Å². The van der Waals surface area contributed by atoms with E-state index in [0.29, 0.717) is 6.54 Å². The molecular formula is C11H17BrN2O3S. The molecule has 1 atom stereocenters. The van der Waals surface area contributed by atoms with Crippen molar-refractivity contribution in [3.05, 3.63) is 24.2 Å². The molecule has 5 nitrogen and oxygen atoms in total. The Kier molecular flexibility index (Phi) is 4.83. The topological polar surface area (TPSA) is 62.6 Å². The van der Waals surface area contributed by atoms with Crippen LogP contribution >= 0.6 is 15.9 Å². The number of alkyl halides is 1. The largest absolute Gasteiger partial charge is 0.468 e. The number of likely N-dealkylation sites (tertiary alicyclic amines) is 1. The van der Waals surface area contributed by atoms with Crippen molar-refractivity contribution in [1.29, 1.82) is 0 Å². The van der Waals surface area contributed by atoms with E-state index in [4.69, 9.17) is 4.42 Å². The molecule has 0 radical (unpaired) electrons. The second-order valence-electron chi connectivity index (χ2n) is 4.35. The van der Waals surface area contributed by atoms with E-state index in [1.165, 1.54) is 0 Å². The molecule has 1 N–H and O–H groups in total. The van der Waals surface area contributed by atoms with Crippen LogP contribution in [0.15, 0.2) is 22.8 Å². The van der Waals surface area contributed by atoms with Gasteiger partial charge in [0.2, 0.25) is 10.0 Å². The molecule has 0 saturated carbocycles. The third-order valence-electron chi connectivity index (χ3n) is 3.09. The lowest BCUT2D eigenvalue weighted by molar-refractivity contribution is 0.216. The lowest BCUT2D eigenvalue weighted by Crippen LogP contribution is -2.36. The van der Waals surface area contributed by atoms with Gasteiger partial charge >= 0.3 is 0 Å². The maximum Gasteiger partial charge on any atom is 0.221 e. The molecule has 0 aromatic carbocycles. The molecule has 1 aliphatic heterocycles. The van der Waals surface area contributed by atoms with Crippen molar-refractivity contribution in [2.45, 2.75) is 18.9 Å². The Morgan fingerprint density at radius 3 is 2.72 bits per heavy atom. The number of sulfonamides is 1. The van der Waals surface area contributed by atoms with Gasteiger partial charge in [0.05, 0.1) is 12.3 Å². The molecule has 0 spiro atoms. The summed E-state index contributed by atoms with van der Waals surface area (Å²) in [7, 11) is -3.24. The van der Waals surface area contributed by atoms with Gasteiger partial charge in [0.1, 0.15) is 10.4 Å². The van der Waals surface area contributed by atoms with Crippen molar-refractivity contribution in [2.75, 3.05) is 24.3 Å². The molecule has 0 bridgehead atoms. The van der Waals surface area contributed by atoms with Crippen molar-refractivity contribution in [3.8, 4) is 0 Å². The highest BCUT2D eigenvalue weighted by atomic mass is 79.9. The minimum atomic E-state index is -3.24. The molecule has 2 rings (SSSR count). The zero-order chi connectivity index (χ0) is 13.0. The van der Waals surface area contributed by atoms with Gasteiger partial charge in [-0.15, -0.1) is 0 Å². The second kappa shape index (κ2) is 6.18. The van der Waals surface area contributed by atoms with Crippen LogP contribution in [0.2, 0.25) is 0 Å². The van der Waals surface area contributed by atoms with Crippen LogP contribution in [0.1, 0.15) is 24.6 Å². The average molecular weight is 337 g/mol. The van der Waals surface area contributed by atoms with E-state index in [-0.39, 0.29) is 10.7 Å². The zero-order valence-corrected chi connectivity index (χ0v) is 12.4. The lowest BCUT2D eigenvalue weighted by Gasteiger charge is -2.25. The molecule has 18 heavy (non-hydrogen) atoms. The molecule has 1 aliphatic rings. The maximum atomic E-state index is 11.5. The Morgan fingerprint density at radius 1 is 1.44 bits per heavy atom. The third-order valence-corrected chi connectivity index (χ3v) is 5.80. The number of nitrogens with zero attached hydrogens (tertiary/aromatic N) is 1. The van der Waals surface area contributed by atoms with Crippen molar-refractivity contribution in [2.24, 2.45) is 0 Å². The van der Waals surface area contributed by atoms with E-state index in [1.54, 1.807) is 6.26 Å². The first-order valence-electron chi connectivity index (χ1n) is 5.93. The van der Waals surface area contributed by atoms with Gasteiger partial charge in [-0.25, -0.2) is 13.1 Å². The van der Waals surface area contributed by atoms with E-state index in [2.05, 4.69) is 25.6 Å². The monoisotopic (exact) mass is 336 g/mol. The smallest absolute Gasteiger partial charge is 0.221 e. The Balaban J connectivity index is 2.06. The van der Waals surface area contributed by atoms with E-state index < -0.39 is 10.0 Å². The van der Waals surface area contributed by atoms with Crippen LogP contribution in [0.3, 0.4) is 0 Å². The minimum absolute atomic E-state index is 0.0173. The highest BCUT2D eigenvalue weighted by Crippen LogP contribution is 2.25. The normalized spacial score (nSPS) is 19.2. The Hall–Kier alpha value is -0.370. The van der Waals surface area contributed by atoms with Crippen LogP contribution in [0, 0.1) is 0 Å².